The first kappa shape index (κ1) is 19.9. The van der Waals surface area contributed by atoms with E-state index in [0.717, 1.165) is 11.1 Å². The molecule has 2 rings (SSSR count). The van der Waals surface area contributed by atoms with Gasteiger partial charge < -0.3 is 10.4 Å². The van der Waals surface area contributed by atoms with Gasteiger partial charge in [-0.25, -0.2) is 0 Å². The van der Waals surface area contributed by atoms with Crippen molar-refractivity contribution >= 4 is 46.6 Å². The number of benzene rings is 2. The number of hydrogen-bond donors (Lipinski definition) is 3. The molecular formula is C20H21ClN2O2S. The highest BCUT2D eigenvalue weighted by molar-refractivity contribution is 7.80. The quantitative estimate of drug-likeness (QED) is 0.399. The van der Waals surface area contributed by atoms with Crippen molar-refractivity contribution in [1.29, 1.82) is 0 Å². The number of phenols is 1. The molecule has 0 aliphatic rings. The van der Waals surface area contributed by atoms with Gasteiger partial charge >= 0.3 is 0 Å². The van der Waals surface area contributed by atoms with Crippen LogP contribution < -0.4 is 10.6 Å². The Morgan fingerprint density at radius 1 is 1.15 bits per heavy atom. The molecule has 4 nitrogen and oxygen atoms in total. The third-order valence-electron chi connectivity index (χ3n) is 3.64. The van der Waals surface area contributed by atoms with Gasteiger partial charge in [0.2, 0.25) is 5.91 Å². The minimum atomic E-state index is -0.371. The monoisotopic (exact) mass is 388 g/mol. The van der Waals surface area contributed by atoms with Crippen LogP contribution >= 0.6 is 23.8 Å². The van der Waals surface area contributed by atoms with Crippen LogP contribution in [0.5, 0.6) is 5.75 Å². The molecule has 0 radical (unpaired) electrons. The van der Waals surface area contributed by atoms with Crippen molar-refractivity contribution < 1.29 is 9.90 Å². The molecule has 0 bridgehead atoms. The average Bonchev–Trinajstić information content (AvgIpc) is 2.55. The molecule has 0 spiro atoms. The van der Waals surface area contributed by atoms with E-state index >= 15 is 0 Å². The van der Waals surface area contributed by atoms with Gasteiger partial charge in [0.1, 0.15) is 5.75 Å². The number of rotatable bonds is 3. The number of hydrogen-bond acceptors (Lipinski definition) is 3. The second kappa shape index (κ2) is 8.34. The van der Waals surface area contributed by atoms with Gasteiger partial charge in [0, 0.05) is 11.1 Å². The SMILES string of the molecule is CC(C)(C)c1ccc(O)c(NC(=S)NC(=O)C=Cc2ccc(Cl)cc2)c1. The Bertz CT molecular complexity index is 840. The lowest BCUT2D eigenvalue weighted by Crippen LogP contribution is -2.32. The van der Waals surface area contributed by atoms with Crippen molar-refractivity contribution in [2.45, 2.75) is 26.2 Å². The summed E-state index contributed by atoms with van der Waals surface area (Å²) in [6.45, 7) is 6.22. The van der Waals surface area contributed by atoms with Gasteiger partial charge in [-0.1, -0.05) is 50.6 Å². The van der Waals surface area contributed by atoms with Crippen LogP contribution in [0, 0.1) is 0 Å². The van der Waals surface area contributed by atoms with Crippen molar-refractivity contribution in [2.75, 3.05) is 5.32 Å². The number of carbonyl (C=O) groups is 1. The number of halogens is 1. The van der Waals surface area contributed by atoms with E-state index in [-0.39, 0.29) is 22.2 Å². The Morgan fingerprint density at radius 3 is 2.42 bits per heavy atom. The first-order valence-corrected chi connectivity index (χ1v) is 8.83. The fourth-order valence-electron chi connectivity index (χ4n) is 2.16. The Balaban J connectivity index is 2.00. The number of nitrogens with one attached hydrogen (secondary N) is 2. The number of anilines is 1. The van der Waals surface area contributed by atoms with E-state index in [9.17, 15) is 9.90 Å². The molecule has 3 N–H and O–H groups in total. The zero-order valence-corrected chi connectivity index (χ0v) is 16.4. The van der Waals surface area contributed by atoms with E-state index in [1.807, 2.05) is 12.1 Å². The summed E-state index contributed by atoms with van der Waals surface area (Å²) in [5.74, 6) is -0.310. The van der Waals surface area contributed by atoms with Crippen LogP contribution in [-0.2, 0) is 10.2 Å². The molecule has 0 saturated heterocycles. The van der Waals surface area contributed by atoms with Crippen LogP contribution in [0.4, 0.5) is 5.69 Å². The second-order valence-electron chi connectivity index (χ2n) is 6.81. The molecule has 0 heterocycles. The van der Waals surface area contributed by atoms with Gasteiger partial charge in [-0.15, -0.1) is 0 Å². The number of aromatic hydroxyl groups is 1. The van der Waals surface area contributed by atoms with Crippen molar-refractivity contribution in [3.8, 4) is 5.75 Å². The summed E-state index contributed by atoms with van der Waals surface area (Å²) in [5.41, 5.74) is 2.26. The van der Waals surface area contributed by atoms with Gasteiger partial charge in [-0.2, -0.15) is 0 Å². The van der Waals surface area contributed by atoms with Crippen LogP contribution in [0.15, 0.2) is 48.5 Å². The molecule has 0 unspecified atom stereocenters. The van der Waals surface area contributed by atoms with E-state index in [0.29, 0.717) is 10.7 Å². The normalized spacial score (nSPS) is 11.4. The fraction of sp³-hybridized carbons (Fsp3) is 0.200. The smallest absolute Gasteiger partial charge is 0.250 e. The molecule has 2 aromatic rings. The summed E-state index contributed by atoms with van der Waals surface area (Å²) in [7, 11) is 0. The Labute approximate surface area is 163 Å². The number of phenolic OH excluding ortho intramolecular Hbond substituents is 1. The van der Waals surface area contributed by atoms with Gasteiger partial charge in [0.25, 0.3) is 0 Å². The molecule has 0 atom stereocenters. The Morgan fingerprint density at radius 2 is 1.81 bits per heavy atom. The standard InChI is InChI=1S/C20H21ClN2O2S/c1-20(2,3)14-7-10-17(24)16(12-14)22-19(26)23-18(25)11-6-13-4-8-15(21)9-5-13/h4-12,24H,1-3H3,(H2,22,23,25,26). The molecule has 0 saturated carbocycles. The summed E-state index contributed by atoms with van der Waals surface area (Å²) in [4.78, 5) is 12.0. The van der Waals surface area contributed by atoms with Crippen LogP contribution in [-0.4, -0.2) is 16.1 Å². The van der Waals surface area contributed by atoms with Crippen molar-refractivity contribution in [2.24, 2.45) is 0 Å². The van der Waals surface area contributed by atoms with Crippen LogP contribution in [0.1, 0.15) is 31.9 Å². The molecule has 136 valence electrons. The highest BCUT2D eigenvalue weighted by Crippen LogP contribution is 2.30. The fourth-order valence-corrected chi connectivity index (χ4v) is 2.49. The van der Waals surface area contributed by atoms with Crippen LogP contribution in [0.3, 0.4) is 0 Å². The number of carbonyl (C=O) groups excluding carboxylic acids is 1. The zero-order chi connectivity index (χ0) is 19.3. The lowest BCUT2D eigenvalue weighted by Gasteiger charge is -2.20. The minimum absolute atomic E-state index is 0.0614. The van der Waals surface area contributed by atoms with E-state index < -0.39 is 0 Å². The largest absolute Gasteiger partial charge is 0.506 e. The van der Waals surface area contributed by atoms with Crippen molar-refractivity contribution in [3.05, 3.63) is 64.7 Å². The van der Waals surface area contributed by atoms with E-state index in [2.05, 4.69) is 31.4 Å². The molecule has 0 aromatic heterocycles. The molecule has 0 aliphatic carbocycles. The first-order valence-electron chi connectivity index (χ1n) is 8.04. The predicted molar refractivity (Wildman–Crippen MR) is 112 cm³/mol. The molecule has 0 fully saturated rings. The maximum absolute atomic E-state index is 12.0. The van der Waals surface area contributed by atoms with E-state index in [1.54, 1.807) is 36.4 Å². The predicted octanol–water partition coefficient (Wildman–Crippen LogP) is 4.87. The molecule has 0 aliphatic heterocycles. The molecule has 26 heavy (non-hydrogen) atoms. The first-order chi connectivity index (χ1) is 12.1. The molecular weight excluding hydrogens is 368 g/mol. The highest BCUT2D eigenvalue weighted by atomic mass is 35.5. The third-order valence-corrected chi connectivity index (χ3v) is 4.10. The number of amides is 1. The maximum atomic E-state index is 12.0. The molecule has 1 amide bonds. The van der Waals surface area contributed by atoms with Crippen molar-refractivity contribution in [3.63, 3.8) is 0 Å². The molecule has 2 aromatic carbocycles. The molecule has 6 heteroatoms. The van der Waals surface area contributed by atoms with Gasteiger partial charge in [-0.3, -0.25) is 10.1 Å². The van der Waals surface area contributed by atoms with E-state index in [1.165, 1.54) is 6.08 Å². The lowest BCUT2D eigenvalue weighted by molar-refractivity contribution is -0.115. The van der Waals surface area contributed by atoms with Gasteiger partial charge in [0.05, 0.1) is 5.69 Å². The maximum Gasteiger partial charge on any atom is 0.250 e. The summed E-state index contributed by atoms with van der Waals surface area (Å²) in [6, 6.07) is 12.4. The van der Waals surface area contributed by atoms with E-state index in [4.69, 9.17) is 23.8 Å². The van der Waals surface area contributed by atoms with Gasteiger partial charge in [-0.05, 0) is 59.1 Å². The van der Waals surface area contributed by atoms with Crippen LogP contribution in [0.2, 0.25) is 5.02 Å². The van der Waals surface area contributed by atoms with Gasteiger partial charge in [0.15, 0.2) is 5.11 Å². The average molecular weight is 389 g/mol. The minimum Gasteiger partial charge on any atom is -0.506 e. The lowest BCUT2D eigenvalue weighted by atomic mass is 9.87. The highest BCUT2D eigenvalue weighted by Gasteiger charge is 2.16. The topological polar surface area (TPSA) is 61.4 Å². The third kappa shape index (κ3) is 5.86. The summed E-state index contributed by atoms with van der Waals surface area (Å²) < 4.78 is 0. The van der Waals surface area contributed by atoms with Crippen molar-refractivity contribution in [1.82, 2.24) is 5.32 Å². The zero-order valence-electron chi connectivity index (χ0n) is 14.8. The summed E-state index contributed by atoms with van der Waals surface area (Å²) in [6.07, 6.45) is 3.04. The summed E-state index contributed by atoms with van der Waals surface area (Å²) >= 11 is 11.0. The Hall–Kier alpha value is -2.37. The second-order valence-corrected chi connectivity index (χ2v) is 7.65. The van der Waals surface area contributed by atoms with Crippen LogP contribution in [0.25, 0.3) is 6.08 Å². The number of thiocarbonyl (C=S) groups is 1. The Kier molecular flexibility index (Phi) is 6.40. The summed E-state index contributed by atoms with van der Waals surface area (Å²) in [5, 5.41) is 16.2.